The molecule has 2 rings (SSSR count). The molecule has 1 saturated heterocycles. The molecule has 0 aliphatic carbocycles. The molecule has 1 aliphatic rings. The van der Waals surface area contributed by atoms with Crippen molar-refractivity contribution in [1.29, 1.82) is 0 Å². The van der Waals surface area contributed by atoms with Gasteiger partial charge in [0.1, 0.15) is 6.10 Å². The maximum absolute atomic E-state index is 12.5. The fraction of sp³-hybridized carbons (Fsp3) is 0.600. The lowest BCUT2D eigenvalue weighted by Gasteiger charge is -2.26. The van der Waals surface area contributed by atoms with Gasteiger partial charge >= 0.3 is 0 Å². The van der Waals surface area contributed by atoms with Gasteiger partial charge < -0.3 is 14.5 Å². The van der Waals surface area contributed by atoms with E-state index in [1.807, 2.05) is 37.2 Å². The van der Waals surface area contributed by atoms with Crippen molar-refractivity contribution in [3.05, 3.63) is 30.1 Å². The predicted octanol–water partition coefficient (Wildman–Crippen LogP) is 1.15. The van der Waals surface area contributed by atoms with Gasteiger partial charge in [0.05, 0.1) is 12.2 Å². The molecule has 0 aromatic carbocycles. The SMILES string of the molecule is CN(C)CCN(Cc1ccccn1)C(=O)C1CCCO1. The van der Waals surface area contributed by atoms with Gasteiger partial charge in [-0.05, 0) is 39.1 Å². The second-order valence-corrected chi connectivity index (χ2v) is 5.39. The second kappa shape index (κ2) is 7.36. The number of carbonyl (C=O) groups excluding carboxylic acids is 1. The van der Waals surface area contributed by atoms with E-state index in [0.29, 0.717) is 19.7 Å². The van der Waals surface area contributed by atoms with Crippen molar-refractivity contribution in [2.24, 2.45) is 0 Å². The number of amides is 1. The number of hydrogen-bond acceptors (Lipinski definition) is 4. The Morgan fingerprint density at radius 2 is 2.25 bits per heavy atom. The van der Waals surface area contributed by atoms with Crippen molar-refractivity contribution in [3.63, 3.8) is 0 Å². The molecule has 1 aromatic rings. The van der Waals surface area contributed by atoms with Gasteiger partial charge in [-0.25, -0.2) is 0 Å². The molecule has 0 N–H and O–H groups in total. The number of pyridine rings is 1. The Morgan fingerprint density at radius 1 is 1.40 bits per heavy atom. The Morgan fingerprint density at radius 3 is 2.85 bits per heavy atom. The van der Waals surface area contributed by atoms with Gasteiger partial charge in [-0.3, -0.25) is 9.78 Å². The maximum Gasteiger partial charge on any atom is 0.252 e. The third kappa shape index (κ3) is 4.28. The molecule has 5 heteroatoms. The molecule has 1 fully saturated rings. The minimum absolute atomic E-state index is 0.0926. The van der Waals surface area contributed by atoms with Crippen molar-refractivity contribution >= 4 is 5.91 Å². The van der Waals surface area contributed by atoms with Crippen LogP contribution in [0.1, 0.15) is 18.5 Å². The van der Waals surface area contributed by atoms with Gasteiger partial charge in [0.25, 0.3) is 5.91 Å². The van der Waals surface area contributed by atoms with Gasteiger partial charge in [-0.1, -0.05) is 6.07 Å². The Kier molecular flexibility index (Phi) is 5.49. The van der Waals surface area contributed by atoms with E-state index in [1.54, 1.807) is 6.20 Å². The van der Waals surface area contributed by atoms with Crippen LogP contribution in [0.3, 0.4) is 0 Å². The van der Waals surface area contributed by atoms with Crippen LogP contribution in [-0.4, -0.2) is 60.6 Å². The standard InChI is InChI=1S/C15H23N3O2/c1-17(2)9-10-18(12-13-6-3-4-8-16-13)15(19)14-7-5-11-20-14/h3-4,6,8,14H,5,7,9-12H2,1-2H3. The third-order valence-electron chi connectivity index (χ3n) is 3.41. The predicted molar refractivity (Wildman–Crippen MR) is 77.2 cm³/mol. The number of hydrogen-bond donors (Lipinski definition) is 0. The van der Waals surface area contributed by atoms with Crippen LogP contribution in [0, 0.1) is 0 Å². The number of rotatable bonds is 6. The summed E-state index contributed by atoms with van der Waals surface area (Å²) in [5.74, 6) is 0.0926. The third-order valence-corrected chi connectivity index (χ3v) is 3.41. The zero-order chi connectivity index (χ0) is 14.4. The van der Waals surface area contributed by atoms with Crippen LogP contribution in [0.25, 0.3) is 0 Å². The van der Waals surface area contributed by atoms with E-state index in [9.17, 15) is 4.79 Å². The average molecular weight is 277 g/mol. The summed E-state index contributed by atoms with van der Waals surface area (Å²) in [7, 11) is 4.02. The first-order chi connectivity index (χ1) is 9.66. The van der Waals surface area contributed by atoms with Crippen LogP contribution in [-0.2, 0) is 16.1 Å². The quantitative estimate of drug-likeness (QED) is 0.782. The summed E-state index contributed by atoms with van der Waals surface area (Å²) in [5, 5.41) is 0. The van der Waals surface area contributed by atoms with Gasteiger partial charge in [-0.2, -0.15) is 0 Å². The van der Waals surface area contributed by atoms with E-state index in [1.165, 1.54) is 0 Å². The molecule has 0 saturated carbocycles. The first-order valence-corrected chi connectivity index (χ1v) is 7.12. The Balaban J connectivity index is 2.01. The lowest BCUT2D eigenvalue weighted by atomic mass is 10.2. The summed E-state index contributed by atoms with van der Waals surface area (Å²) >= 11 is 0. The highest BCUT2D eigenvalue weighted by Gasteiger charge is 2.28. The zero-order valence-electron chi connectivity index (χ0n) is 12.3. The number of aromatic nitrogens is 1. The van der Waals surface area contributed by atoms with Gasteiger partial charge in [0.15, 0.2) is 0 Å². The lowest BCUT2D eigenvalue weighted by Crippen LogP contribution is -2.42. The van der Waals surface area contributed by atoms with E-state index in [0.717, 1.165) is 25.1 Å². The van der Waals surface area contributed by atoms with E-state index in [-0.39, 0.29) is 12.0 Å². The van der Waals surface area contributed by atoms with Crippen LogP contribution in [0.15, 0.2) is 24.4 Å². The lowest BCUT2D eigenvalue weighted by molar-refractivity contribution is -0.141. The van der Waals surface area contributed by atoms with Crippen LogP contribution in [0.4, 0.5) is 0 Å². The topological polar surface area (TPSA) is 45.7 Å². The summed E-state index contributed by atoms with van der Waals surface area (Å²) in [4.78, 5) is 20.8. The summed E-state index contributed by atoms with van der Waals surface area (Å²) < 4.78 is 5.51. The van der Waals surface area contributed by atoms with Crippen LogP contribution >= 0.6 is 0 Å². The highest BCUT2D eigenvalue weighted by atomic mass is 16.5. The largest absolute Gasteiger partial charge is 0.368 e. The Labute approximate surface area is 120 Å². The highest BCUT2D eigenvalue weighted by Crippen LogP contribution is 2.16. The molecule has 20 heavy (non-hydrogen) atoms. The molecule has 5 nitrogen and oxygen atoms in total. The first-order valence-electron chi connectivity index (χ1n) is 7.12. The number of carbonyl (C=O) groups is 1. The van der Waals surface area contributed by atoms with E-state index in [2.05, 4.69) is 9.88 Å². The first kappa shape index (κ1) is 14.9. The minimum Gasteiger partial charge on any atom is -0.368 e. The molecule has 1 unspecified atom stereocenters. The van der Waals surface area contributed by atoms with E-state index < -0.39 is 0 Å². The van der Waals surface area contributed by atoms with E-state index >= 15 is 0 Å². The van der Waals surface area contributed by atoms with Crippen molar-refractivity contribution in [2.45, 2.75) is 25.5 Å². The van der Waals surface area contributed by atoms with Crippen molar-refractivity contribution < 1.29 is 9.53 Å². The molecular weight excluding hydrogens is 254 g/mol. The van der Waals surface area contributed by atoms with Crippen molar-refractivity contribution in [1.82, 2.24) is 14.8 Å². The highest BCUT2D eigenvalue weighted by molar-refractivity contribution is 5.81. The zero-order valence-corrected chi connectivity index (χ0v) is 12.3. The molecule has 1 aliphatic heterocycles. The van der Waals surface area contributed by atoms with Gasteiger partial charge in [0, 0.05) is 25.9 Å². The number of likely N-dealkylation sites (N-methyl/N-ethyl adjacent to an activating group) is 1. The molecule has 1 atom stereocenters. The van der Waals surface area contributed by atoms with E-state index in [4.69, 9.17) is 4.74 Å². The monoisotopic (exact) mass is 277 g/mol. The molecule has 2 heterocycles. The van der Waals surface area contributed by atoms with Gasteiger partial charge in [0.2, 0.25) is 0 Å². The van der Waals surface area contributed by atoms with Gasteiger partial charge in [-0.15, -0.1) is 0 Å². The summed E-state index contributed by atoms with van der Waals surface area (Å²) in [6.45, 7) is 2.78. The maximum atomic E-state index is 12.5. The van der Waals surface area contributed by atoms with Crippen LogP contribution < -0.4 is 0 Å². The molecule has 0 spiro atoms. The molecule has 110 valence electrons. The fourth-order valence-corrected chi connectivity index (χ4v) is 2.25. The van der Waals surface area contributed by atoms with Crippen molar-refractivity contribution in [2.75, 3.05) is 33.8 Å². The summed E-state index contributed by atoms with van der Waals surface area (Å²) in [6, 6.07) is 5.78. The fourth-order valence-electron chi connectivity index (χ4n) is 2.25. The number of nitrogens with zero attached hydrogens (tertiary/aromatic N) is 3. The van der Waals surface area contributed by atoms with Crippen LogP contribution in [0.2, 0.25) is 0 Å². The Bertz CT molecular complexity index is 416. The Hall–Kier alpha value is -1.46. The molecule has 1 amide bonds. The summed E-state index contributed by atoms with van der Waals surface area (Å²) in [6.07, 6.45) is 3.30. The molecule has 0 bridgehead atoms. The normalized spacial score (nSPS) is 18.4. The molecular formula is C15H23N3O2. The van der Waals surface area contributed by atoms with Crippen LogP contribution in [0.5, 0.6) is 0 Å². The minimum atomic E-state index is -0.263. The molecule has 0 radical (unpaired) electrons. The number of ether oxygens (including phenoxy) is 1. The smallest absolute Gasteiger partial charge is 0.252 e. The summed E-state index contributed by atoms with van der Waals surface area (Å²) in [5.41, 5.74) is 0.914. The molecule has 1 aromatic heterocycles. The average Bonchev–Trinajstić information content (AvgIpc) is 2.97. The van der Waals surface area contributed by atoms with Crippen molar-refractivity contribution in [3.8, 4) is 0 Å². The second-order valence-electron chi connectivity index (χ2n) is 5.39.